The minimum atomic E-state index is -0.142. The van der Waals surface area contributed by atoms with E-state index in [9.17, 15) is 4.79 Å². The molecule has 0 bridgehead atoms. The largest absolute Gasteiger partial charge is 0.459 e. The number of furan rings is 1. The van der Waals surface area contributed by atoms with Crippen LogP contribution in [0.1, 0.15) is 16.1 Å². The summed E-state index contributed by atoms with van der Waals surface area (Å²) in [6.07, 6.45) is 1.49. The maximum absolute atomic E-state index is 11.5. The second-order valence-corrected chi connectivity index (χ2v) is 2.91. The molecular formula is C9H13NO3. The summed E-state index contributed by atoms with van der Waals surface area (Å²) in [7, 11) is 4.94. The van der Waals surface area contributed by atoms with E-state index in [0.717, 1.165) is 5.56 Å². The molecule has 4 heteroatoms. The van der Waals surface area contributed by atoms with Gasteiger partial charge in [-0.05, 0) is 6.07 Å². The molecule has 72 valence electrons. The molecule has 0 saturated carbocycles. The number of hydrogen-bond donors (Lipinski definition) is 0. The van der Waals surface area contributed by atoms with E-state index in [2.05, 4.69) is 0 Å². The van der Waals surface area contributed by atoms with Gasteiger partial charge in [-0.25, -0.2) is 0 Å². The predicted octanol–water partition coefficient (Wildman–Crippen LogP) is 1.13. The van der Waals surface area contributed by atoms with Crippen molar-refractivity contribution < 1.29 is 13.9 Å². The number of carbonyl (C=O) groups is 1. The summed E-state index contributed by atoms with van der Waals surface area (Å²) < 4.78 is 10.00. The van der Waals surface area contributed by atoms with Crippen molar-refractivity contribution >= 4 is 5.91 Å². The number of methoxy groups -OCH3 is 1. The van der Waals surface area contributed by atoms with Crippen LogP contribution in [0.5, 0.6) is 0 Å². The van der Waals surface area contributed by atoms with Crippen LogP contribution in [-0.2, 0) is 11.3 Å². The van der Waals surface area contributed by atoms with Gasteiger partial charge in [-0.3, -0.25) is 4.79 Å². The van der Waals surface area contributed by atoms with Crippen molar-refractivity contribution in [3.05, 3.63) is 23.7 Å². The molecule has 1 amide bonds. The van der Waals surface area contributed by atoms with Crippen molar-refractivity contribution in [2.45, 2.75) is 6.61 Å². The van der Waals surface area contributed by atoms with Gasteiger partial charge < -0.3 is 14.1 Å². The summed E-state index contributed by atoms with van der Waals surface area (Å²) in [6.45, 7) is 0.394. The third-order valence-electron chi connectivity index (χ3n) is 1.65. The Morgan fingerprint density at radius 1 is 1.62 bits per heavy atom. The lowest BCUT2D eigenvalue weighted by atomic mass is 10.2. The van der Waals surface area contributed by atoms with Gasteiger partial charge in [0.25, 0.3) is 5.91 Å². The van der Waals surface area contributed by atoms with E-state index in [1.165, 1.54) is 11.2 Å². The van der Waals surface area contributed by atoms with Crippen LogP contribution in [0.3, 0.4) is 0 Å². The van der Waals surface area contributed by atoms with Gasteiger partial charge in [0.05, 0.1) is 12.9 Å². The molecule has 1 aromatic heterocycles. The molecule has 1 aromatic rings. The van der Waals surface area contributed by atoms with Crippen molar-refractivity contribution in [2.24, 2.45) is 0 Å². The van der Waals surface area contributed by atoms with Crippen LogP contribution in [0.25, 0.3) is 0 Å². The molecule has 0 aliphatic carbocycles. The molecule has 1 heterocycles. The van der Waals surface area contributed by atoms with E-state index < -0.39 is 0 Å². The maximum Gasteiger partial charge on any atom is 0.289 e. The highest BCUT2D eigenvalue weighted by Gasteiger charge is 2.16. The summed E-state index contributed by atoms with van der Waals surface area (Å²) in [6, 6.07) is 1.74. The van der Waals surface area contributed by atoms with E-state index in [1.54, 1.807) is 27.3 Å². The fourth-order valence-electron chi connectivity index (χ4n) is 0.996. The summed E-state index contributed by atoms with van der Waals surface area (Å²) in [5.74, 6) is 0.212. The highest BCUT2D eigenvalue weighted by molar-refractivity contribution is 5.92. The second kappa shape index (κ2) is 4.09. The van der Waals surface area contributed by atoms with Crippen LogP contribution in [0.2, 0.25) is 0 Å². The van der Waals surface area contributed by atoms with Gasteiger partial charge in [0.2, 0.25) is 0 Å². The fourth-order valence-corrected chi connectivity index (χ4v) is 0.996. The Labute approximate surface area is 77.1 Å². The zero-order valence-corrected chi connectivity index (χ0v) is 8.03. The summed E-state index contributed by atoms with van der Waals surface area (Å²) in [4.78, 5) is 12.9. The number of hydrogen-bond acceptors (Lipinski definition) is 3. The minimum absolute atomic E-state index is 0.142. The number of amides is 1. The van der Waals surface area contributed by atoms with Crippen molar-refractivity contribution in [3.8, 4) is 0 Å². The standard InChI is InChI=1S/C9H13NO3/c1-10(2)9(11)8-7(6-12-3)4-5-13-8/h4-5H,6H2,1-3H3. The molecular weight excluding hydrogens is 170 g/mol. The molecule has 0 aromatic carbocycles. The van der Waals surface area contributed by atoms with Gasteiger partial charge in [0, 0.05) is 26.8 Å². The lowest BCUT2D eigenvalue weighted by Crippen LogP contribution is -2.22. The molecule has 1 rings (SSSR count). The molecule has 0 N–H and O–H groups in total. The Bertz CT molecular complexity index is 291. The minimum Gasteiger partial charge on any atom is -0.459 e. The van der Waals surface area contributed by atoms with Crippen LogP contribution in [0.15, 0.2) is 16.7 Å². The van der Waals surface area contributed by atoms with E-state index >= 15 is 0 Å². The van der Waals surface area contributed by atoms with Crippen molar-refractivity contribution in [1.82, 2.24) is 4.90 Å². The Morgan fingerprint density at radius 2 is 2.31 bits per heavy atom. The molecule has 0 atom stereocenters. The molecule has 0 unspecified atom stereocenters. The first kappa shape index (κ1) is 9.80. The first-order chi connectivity index (χ1) is 6.16. The van der Waals surface area contributed by atoms with E-state index in [1.807, 2.05) is 0 Å². The van der Waals surface area contributed by atoms with Crippen molar-refractivity contribution in [1.29, 1.82) is 0 Å². The first-order valence-corrected chi connectivity index (χ1v) is 3.93. The Hall–Kier alpha value is -1.29. The summed E-state index contributed by atoms with van der Waals surface area (Å²) >= 11 is 0. The maximum atomic E-state index is 11.5. The highest BCUT2D eigenvalue weighted by atomic mass is 16.5. The van der Waals surface area contributed by atoms with Gasteiger partial charge in [-0.2, -0.15) is 0 Å². The molecule has 0 saturated heterocycles. The van der Waals surface area contributed by atoms with Crippen LogP contribution in [0, 0.1) is 0 Å². The Kier molecular flexibility index (Phi) is 3.08. The van der Waals surface area contributed by atoms with E-state index in [-0.39, 0.29) is 5.91 Å². The van der Waals surface area contributed by atoms with Crippen LogP contribution in [-0.4, -0.2) is 32.0 Å². The molecule has 13 heavy (non-hydrogen) atoms. The monoisotopic (exact) mass is 183 g/mol. The smallest absolute Gasteiger partial charge is 0.289 e. The van der Waals surface area contributed by atoms with Crippen LogP contribution in [0.4, 0.5) is 0 Å². The molecule has 0 aliphatic rings. The third-order valence-corrected chi connectivity index (χ3v) is 1.65. The molecule has 4 nitrogen and oxygen atoms in total. The predicted molar refractivity (Wildman–Crippen MR) is 47.4 cm³/mol. The zero-order chi connectivity index (χ0) is 9.84. The van der Waals surface area contributed by atoms with Gasteiger partial charge in [0.15, 0.2) is 5.76 Å². The fraction of sp³-hybridized carbons (Fsp3) is 0.444. The van der Waals surface area contributed by atoms with Crippen LogP contribution < -0.4 is 0 Å². The number of nitrogens with zero attached hydrogens (tertiary/aromatic N) is 1. The molecule has 0 aliphatic heterocycles. The average Bonchev–Trinajstić information content (AvgIpc) is 2.52. The summed E-state index contributed by atoms with van der Waals surface area (Å²) in [5.41, 5.74) is 0.779. The van der Waals surface area contributed by atoms with E-state index in [4.69, 9.17) is 9.15 Å². The van der Waals surface area contributed by atoms with Gasteiger partial charge in [0.1, 0.15) is 0 Å². The van der Waals surface area contributed by atoms with Gasteiger partial charge in [-0.1, -0.05) is 0 Å². The van der Waals surface area contributed by atoms with Crippen molar-refractivity contribution in [2.75, 3.05) is 21.2 Å². The zero-order valence-electron chi connectivity index (χ0n) is 8.03. The number of carbonyl (C=O) groups excluding carboxylic acids is 1. The lowest BCUT2D eigenvalue weighted by molar-refractivity contribution is 0.0790. The number of ether oxygens (including phenoxy) is 1. The number of rotatable bonds is 3. The molecule has 0 spiro atoms. The third kappa shape index (κ3) is 2.09. The van der Waals surface area contributed by atoms with Gasteiger partial charge >= 0.3 is 0 Å². The molecule has 0 fully saturated rings. The lowest BCUT2D eigenvalue weighted by Gasteiger charge is -2.08. The van der Waals surface area contributed by atoms with E-state index in [0.29, 0.717) is 12.4 Å². The summed E-state index contributed by atoms with van der Waals surface area (Å²) in [5, 5.41) is 0. The quantitative estimate of drug-likeness (QED) is 0.705. The SMILES string of the molecule is COCc1ccoc1C(=O)N(C)C. The highest BCUT2D eigenvalue weighted by Crippen LogP contribution is 2.12. The Morgan fingerprint density at radius 3 is 2.85 bits per heavy atom. The van der Waals surface area contributed by atoms with Crippen molar-refractivity contribution in [3.63, 3.8) is 0 Å². The first-order valence-electron chi connectivity index (χ1n) is 3.93. The normalized spacial score (nSPS) is 10.1. The second-order valence-electron chi connectivity index (χ2n) is 2.91. The van der Waals surface area contributed by atoms with Gasteiger partial charge in [-0.15, -0.1) is 0 Å². The topological polar surface area (TPSA) is 42.7 Å². The van der Waals surface area contributed by atoms with Crippen LogP contribution >= 0.6 is 0 Å². The average molecular weight is 183 g/mol. The Balaban J connectivity index is 2.87. The molecule has 0 radical (unpaired) electrons.